The summed E-state index contributed by atoms with van der Waals surface area (Å²) < 4.78 is 20.6. The van der Waals surface area contributed by atoms with Crippen LogP contribution in [0, 0.1) is 12.7 Å². The van der Waals surface area contributed by atoms with Gasteiger partial charge in [0.2, 0.25) is 0 Å². The molecular formula is C14H17ClFN3O. The lowest BCUT2D eigenvalue weighted by atomic mass is 10.1. The van der Waals surface area contributed by atoms with Crippen molar-refractivity contribution in [2.75, 3.05) is 0 Å². The molecule has 4 nitrogen and oxygen atoms in total. The number of hydrogen-bond donors (Lipinski definition) is 1. The van der Waals surface area contributed by atoms with E-state index < -0.39 is 0 Å². The van der Waals surface area contributed by atoms with Gasteiger partial charge in [0.1, 0.15) is 23.3 Å². The molecule has 0 aliphatic heterocycles. The summed E-state index contributed by atoms with van der Waals surface area (Å²) in [4.78, 5) is 0. The summed E-state index contributed by atoms with van der Waals surface area (Å²) in [5.41, 5.74) is 8.08. The van der Waals surface area contributed by atoms with Gasteiger partial charge in [0.05, 0.1) is 5.69 Å². The SMILES string of the molecule is Cc1nn(C)c(Cl)c1COc1ccc(F)cc1[C@@H](C)N. The first-order valence-corrected chi connectivity index (χ1v) is 6.63. The zero-order valence-corrected chi connectivity index (χ0v) is 12.4. The van der Waals surface area contributed by atoms with Crippen LogP contribution in [0.3, 0.4) is 0 Å². The third-order valence-corrected chi connectivity index (χ3v) is 3.58. The molecule has 0 fully saturated rings. The maximum atomic E-state index is 13.3. The van der Waals surface area contributed by atoms with Crippen molar-refractivity contribution in [2.24, 2.45) is 12.8 Å². The smallest absolute Gasteiger partial charge is 0.133 e. The molecule has 0 spiro atoms. The first-order chi connectivity index (χ1) is 9.40. The fourth-order valence-electron chi connectivity index (χ4n) is 1.99. The van der Waals surface area contributed by atoms with Gasteiger partial charge in [-0.3, -0.25) is 4.68 Å². The summed E-state index contributed by atoms with van der Waals surface area (Å²) >= 11 is 6.14. The first kappa shape index (κ1) is 14.8. The minimum atomic E-state index is -0.333. The summed E-state index contributed by atoms with van der Waals surface area (Å²) in [6.07, 6.45) is 0. The Bertz CT molecular complexity index is 625. The van der Waals surface area contributed by atoms with E-state index in [4.69, 9.17) is 22.1 Å². The van der Waals surface area contributed by atoms with Crippen LogP contribution in [-0.4, -0.2) is 9.78 Å². The molecule has 0 saturated heterocycles. The monoisotopic (exact) mass is 297 g/mol. The maximum Gasteiger partial charge on any atom is 0.133 e. The molecule has 6 heteroatoms. The van der Waals surface area contributed by atoms with Crippen LogP contribution in [0.25, 0.3) is 0 Å². The lowest BCUT2D eigenvalue weighted by Gasteiger charge is -2.14. The van der Waals surface area contributed by atoms with E-state index in [-0.39, 0.29) is 18.5 Å². The second-order valence-electron chi connectivity index (χ2n) is 4.74. The van der Waals surface area contributed by atoms with E-state index in [1.165, 1.54) is 12.1 Å². The Morgan fingerprint density at radius 1 is 1.50 bits per heavy atom. The highest BCUT2D eigenvalue weighted by Crippen LogP contribution is 2.27. The number of nitrogens with two attached hydrogens (primary N) is 1. The van der Waals surface area contributed by atoms with Crippen molar-refractivity contribution in [3.05, 3.63) is 46.0 Å². The molecule has 1 aromatic carbocycles. The molecule has 1 atom stereocenters. The molecule has 0 radical (unpaired) electrons. The van der Waals surface area contributed by atoms with Gasteiger partial charge in [0.15, 0.2) is 0 Å². The average Bonchev–Trinajstić information content (AvgIpc) is 2.62. The van der Waals surface area contributed by atoms with E-state index in [1.807, 2.05) is 6.92 Å². The van der Waals surface area contributed by atoms with Gasteiger partial charge in [-0.2, -0.15) is 5.10 Å². The molecule has 1 aromatic heterocycles. The molecule has 2 N–H and O–H groups in total. The van der Waals surface area contributed by atoms with Gasteiger partial charge < -0.3 is 10.5 Å². The lowest BCUT2D eigenvalue weighted by molar-refractivity contribution is 0.300. The summed E-state index contributed by atoms with van der Waals surface area (Å²) in [7, 11) is 1.77. The van der Waals surface area contributed by atoms with Gasteiger partial charge in [0, 0.05) is 24.2 Å². The Kier molecular flexibility index (Phi) is 4.30. The van der Waals surface area contributed by atoms with E-state index in [1.54, 1.807) is 24.7 Å². The van der Waals surface area contributed by atoms with Crippen molar-refractivity contribution >= 4 is 11.6 Å². The van der Waals surface area contributed by atoms with Crippen molar-refractivity contribution in [1.82, 2.24) is 9.78 Å². The first-order valence-electron chi connectivity index (χ1n) is 6.26. The summed E-state index contributed by atoms with van der Waals surface area (Å²) in [5.74, 6) is 0.223. The van der Waals surface area contributed by atoms with Crippen LogP contribution in [0.2, 0.25) is 5.15 Å². The van der Waals surface area contributed by atoms with Crippen LogP contribution < -0.4 is 10.5 Å². The maximum absolute atomic E-state index is 13.3. The highest BCUT2D eigenvalue weighted by Gasteiger charge is 2.14. The topological polar surface area (TPSA) is 53.1 Å². The zero-order chi connectivity index (χ0) is 14.9. The molecule has 20 heavy (non-hydrogen) atoms. The van der Waals surface area contributed by atoms with Crippen molar-refractivity contribution < 1.29 is 9.13 Å². The van der Waals surface area contributed by atoms with Gasteiger partial charge in [-0.15, -0.1) is 0 Å². The Labute approximate surface area is 122 Å². The molecule has 0 aliphatic rings. The summed E-state index contributed by atoms with van der Waals surface area (Å²) in [6, 6.07) is 4.00. The lowest BCUT2D eigenvalue weighted by Crippen LogP contribution is -2.09. The predicted molar refractivity (Wildman–Crippen MR) is 76.3 cm³/mol. The molecule has 0 amide bonds. The van der Waals surface area contributed by atoms with Crippen LogP contribution in [0.4, 0.5) is 4.39 Å². The standard InChI is InChI=1S/C14H17ClFN3O/c1-8(17)11-6-10(16)4-5-13(11)20-7-12-9(2)18-19(3)14(12)15/h4-6,8H,7,17H2,1-3H3/t8-/m1/s1. The minimum Gasteiger partial charge on any atom is -0.488 e. The van der Waals surface area contributed by atoms with Crippen molar-refractivity contribution in [1.29, 1.82) is 0 Å². The highest BCUT2D eigenvalue weighted by molar-refractivity contribution is 6.30. The van der Waals surface area contributed by atoms with Gasteiger partial charge in [-0.05, 0) is 32.0 Å². The molecule has 2 rings (SSSR count). The van der Waals surface area contributed by atoms with Gasteiger partial charge in [-0.1, -0.05) is 11.6 Å². The highest BCUT2D eigenvalue weighted by atomic mass is 35.5. The van der Waals surface area contributed by atoms with Crippen LogP contribution in [-0.2, 0) is 13.7 Å². The zero-order valence-electron chi connectivity index (χ0n) is 11.7. The Morgan fingerprint density at radius 2 is 2.20 bits per heavy atom. The van der Waals surface area contributed by atoms with Gasteiger partial charge >= 0.3 is 0 Å². The number of aromatic nitrogens is 2. The van der Waals surface area contributed by atoms with Crippen LogP contribution >= 0.6 is 11.6 Å². The molecule has 0 bridgehead atoms. The van der Waals surface area contributed by atoms with Crippen molar-refractivity contribution in [3.8, 4) is 5.75 Å². The Morgan fingerprint density at radius 3 is 2.75 bits per heavy atom. The number of ether oxygens (including phenoxy) is 1. The van der Waals surface area contributed by atoms with E-state index in [9.17, 15) is 4.39 Å². The number of benzene rings is 1. The second kappa shape index (κ2) is 5.81. The average molecular weight is 298 g/mol. The summed E-state index contributed by atoms with van der Waals surface area (Å²) in [5, 5.41) is 4.75. The van der Waals surface area contributed by atoms with E-state index in [0.29, 0.717) is 16.5 Å². The van der Waals surface area contributed by atoms with Crippen LogP contribution in [0.1, 0.15) is 29.8 Å². The van der Waals surface area contributed by atoms with Crippen LogP contribution in [0.15, 0.2) is 18.2 Å². The normalized spacial score (nSPS) is 12.5. The molecule has 0 saturated carbocycles. The third-order valence-electron chi connectivity index (χ3n) is 3.10. The molecule has 2 aromatic rings. The van der Waals surface area contributed by atoms with Crippen molar-refractivity contribution in [2.45, 2.75) is 26.5 Å². The fraction of sp³-hybridized carbons (Fsp3) is 0.357. The molecule has 0 unspecified atom stereocenters. The second-order valence-corrected chi connectivity index (χ2v) is 5.10. The Balaban J connectivity index is 2.23. The third kappa shape index (κ3) is 2.94. The number of aryl methyl sites for hydroxylation is 2. The van der Waals surface area contributed by atoms with Crippen LogP contribution in [0.5, 0.6) is 5.75 Å². The quantitative estimate of drug-likeness (QED) is 0.943. The van der Waals surface area contributed by atoms with E-state index >= 15 is 0 Å². The largest absolute Gasteiger partial charge is 0.488 e. The van der Waals surface area contributed by atoms with Gasteiger partial charge in [-0.25, -0.2) is 4.39 Å². The molecule has 1 heterocycles. The number of rotatable bonds is 4. The predicted octanol–water partition coefficient (Wildman–Crippen LogP) is 3.12. The summed E-state index contributed by atoms with van der Waals surface area (Å²) in [6.45, 7) is 3.91. The molecular weight excluding hydrogens is 281 g/mol. The molecule has 108 valence electrons. The number of nitrogens with zero attached hydrogens (tertiary/aromatic N) is 2. The number of halogens is 2. The van der Waals surface area contributed by atoms with Gasteiger partial charge in [0.25, 0.3) is 0 Å². The van der Waals surface area contributed by atoms with E-state index in [2.05, 4.69) is 5.10 Å². The Hall–Kier alpha value is -1.59. The molecule has 0 aliphatic carbocycles. The number of hydrogen-bond acceptors (Lipinski definition) is 3. The fourth-order valence-corrected chi connectivity index (χ4v) is 2.22. The van der Waals surface area contributed by atoms with Crippen molar-refractivity contribution in [3.63, 3.8) is 0 Å². The minimum absolute atomic E-state index is 0.268. The van der Waals surface area contributed by atoms with E-state index in [0.717, 1.165) is 11.3 Å².